The highest BCUT2D eigenvalue weighted by Gasteiger charge is 2.25. The number of aryl methyl sites for hydroxylation is 2. The van der Waals surface area contributed by atoms with Gasteiger partial charge in [-0.2, -0.15) is 0 Å². The third kappa shape index (κ3) is 5.42. The minimum Gasteiger partial charge on any atom is -0.493 e. The molecule has 0 saturated carbocycles. The highest BCUT2D eigenvalue weighted by atomic mass is 32.2. The number of nitrogens with one attached hydrogen (secondary N) is 2. The van der Waals surface area contributed by atoms with E-state index in [1.54, 1.807) is 25.1 Å². The summed E-state index contributed by atoms with van der Waals surface area (Å²) in [5.74, 6) is 0.452. The van der Waals surface area contributed by atoms with Crippen molar-refractivity contribution in [1.82, 2.24) is 5.32 Å². The third-order valence-electron chi connectivity index (χ3n) is 6.05. The first-order valence-electron chi connectivity index (χ1n) is 11.6. The second kappa shape index (κ2) is 10.3. The predicted molar refractivity (Wildman–Crippen MR) is 134 cm³/mol. The van der Waals surface area contributed by atoms with Gasteiger partial charge in [-0.05, 0) is 61.2 Å². The van der Waals surface area contributed by atoms with Crippen molar-refractivity contribution in [2.75, 3.05) is 11.3 Å². The molecule has 1 atom stereocenters. The second-order valence-electron chi connectivity index (χ2n) is 8.58. The lowest BCUT2D eigenvalue weighted by Gasteiger charge is -2.27. The van der Waals surface area contributed by atoms with Gasteiger partial charge >= 0.3 is 0 Å². The maximum atomic E-state index is 13.1. The summed E-state index contributed by atoms with van der Waals surface area (Å²) in [7, 11) is -3.85. The molecule has 1 aliphatic rings. The molecule has 1 amide bonds. The summed E-state index contributed by atoms with van der Waals surface area (Å²) in [5, 5.41) is 3.05. The predicted octanol–water partition coefficient (Wildman–Crippen LogP) is 5.39. The van der Waals surface area contributed by atoms with Gasteiger partial charge in [0.1, 0.15) is 5.75 Å². The van der Waals surface area contributed by atoms with Gasteiger partial charge in [-0.25, -0.2) is 8.42 Å². The number of ether oxygens (including phenoxy) is 1. The SMILES string of the molecule is CCCCc1ccc(NS(=O)(=O)c2ccc(C)c(C(=O)NC3CCOc4ccccc43)c2)cc1. The number of unbranched alkanes of at least 4 members (excludes halogenated alkanes) is 1. The van der Waals surface area contributed by atoms with Crippen LogP contribution in [0.15, 0.2) is 71.6 Å². The molecule has 2 N–H and O–H groups in total. The summed E-state index contributed by atoms with van der Waals surface area (Å²) >= 11 is 0. The Labute approximate surface area is 201 Å². The van der Waals surface area contributed by atoms with Gasteiger partial charge in [-0.15, -0.1) is 0 Å². The van der Waals surface area contributed by atoms with Crippen molar-refractivity contribution in [2.24, 2.45) is 0 Å². The van der Waals surface area contributed by atoms with E-state index in [1.807, 2.05) is 36.4 Å². The molecule has 0 aliphatic carbocycles. The molecule has 0 fully saturated rings. The van der Waals surface area contributed by atoms with Crippen LogP contribution in [0.25, 0.3) is 0 Å². The van der Waals surface area contributed by atoms with Crippen molar-refractivity contribution in [3.05, 3.63) is 89.0 Å². The van der Waals surface area contributed by atoms with E-state index in [1.165, 1.54) is 17.7 Å². The topological polar surface area (TPSA) is 84.5 Å². The van der Waals surface area contributed by atoms with Crippen molar-refractivity contribution < 1.29 is 17.9 Å². The van der Waals surface area contributed by atoms with Gasteiger partial charge in [0, 0.05) is 23.2 Å². The Morgan fingerprint density at radius 2 is 1.82 bits per heavy atom. The molecule has 6 nitrogen and oxygen atoms in total. The van der Waals surface area contributed by atoms with Crippen LogP contribution in [0, 0.1) is 6.92 Å². The summed E-state index contributed by atoms with van der Waals surface area (Å²) in [6, 6.07) is 19.5. The van der Waals surface area contributed by atoms with E-state index in [4.69, 9.17) is 4.74 Å². The summed E-state index contributed by atoms with van der Waals surface area (Å²) in [4.78, 5) is 13.2. The molecule has 3 aromatic rings. The Hall–Kier alpha value is -3.32. The van der Waals surface area contributed by atoms with Crippen LogP contribution in [0.2, 0.25) is 0 Å². The molecule has 3 aromatic carbocycles. The van der Waals surface area contributed by atoms with Crippen LogP contribution >= 0.6 is 0 Å². The molecule has 0 saturated heterocycles. The van der Waals surface area contributed by atoms with Gasteiger partial charge < -0.3 is 10.1 Å². The Kier molecular flexibility index (Phi) is 7.22. The lowest BCUT2D eigenvalue weighted by atomic mass is 9.99. The highest BCUT2D eigenvalue weighted by Crippen LogP contribution is 2.32. The van der Waals surface area contributed by atoms with Crippen molar-refractivity contribution in [2.45, 2.75) is 50.5 Å². The van der Waals surface area contributed by atoms with E-state index in [2.05, 4.69) is 17.0 Å². The number of fused-ring (bicyclic) bond motifs is 1. The first kappa shape index (κ1) is 23.8. The number of amides is 1. The fraction of sp³-hybridized carbons (Fsp3) is 0.296. The lowest BCUT2D eigenvalue weighted by molar-refractivity contribution is 0.0924. The zero-order valence-corrected chi connectivity index (χ0v) is 20.3. The van der Waals surface area contributed by atoms with Crippen LogP contribution < -0.4 is 14.8 Å². The second-order valence-corrected chi connectivity index (χ2v) is 10.3. The van der Waals surface area contributed by atoms with Gasteiger partial charge in [0.25, 0.3) is 15.9 Å². The van der Waals surface area contributed by atoms with Gasteiger partial charge in [0.2, 0.25) is 0 Å². The number of hydrogen-bond donors (Lipinski definition) is 2. The summed E-state index contributed by atoms with van der Waals surface area (Å²) < 4.78 is 34.4. The smallest absolute Gasteiger partial charge is 0.261 e. The first-order chi connectivity index (χ1) is 16.4. The van der Waals surface area contributed by atoms with E-state index >= 15 is 0 Å². The zero-order valence-electron chi connectivity index (χ0n) is 19.5. The zero-order chi connectivity index (χ0) is 24.1. The molecular weight excluding hydrogens is 448 g/mol. The molecule has 1 heterocycles. The Morgan fingerprint density at radius 3 is 2.59 bits per heavy atom. The minimum absolute atomic E-state index is 0.0469. The maximum Gasteiger partial charge on any atom is 0.261 e. The molecule has 178 valence electrons. The summed E-state index contributed by atoms with van der Waals surface area (Å²) in [6.07, 6.45) is 3.82. The van der Waals surface area contributed by atoms with E-state index in [9.17, 15) is 13.2 Å². The van der Waals surface area contributed by atoms with Crippen molar-refractivity contribution in [3.8, 4) is 5.75 Å². The number of carbonyl (C=O) groups excluding carboxylic acids is 1. The number of carbonyl (C=O) groups is 1. The van der Waals surface area contributed by atoms with Gasteiger partial charge in [-0.3, -0.25) is 9.52 Å². The van der Waals surface area contributed by atoms with Crippen molar-refractivity contribution in [1.29, 1.82) is 0 Å². The summed E-state index contributed by atoms with van der Waals surface area (Å²) in [6.45, 7) is 4.45. The normalized spacial score (nSPS) is 15.2. The Bertz CT molecular complexity index is 1270. The fourth-order valence-corrected chi connectivity index (χ4v) is 5.16. The third-order valence-corrected chi connectivity index (χ3v) is 7.43. The number of sulfonamides is 1. The number of benzene rings is 3. The molecule has 0 bridgehead atoms. The van der Waals surface area contributed by atoms with Crippen LogP contribution in [-0.4, -0.2) is 20.9 Å². The molecule has 4 rings (SSSR count). The molecule has 0 radical (unpaired) electrons. The Balaban J connectivity index is 1.51. The number of rotatable bonds is 8. The standard InChI is InChI=1S/C27H30N2O4S/c1-3-4-7-20-11-13-21(14-12-20)29-34(31,32)22-15-10-19(2)24(18-22)27(30)28-25-16-17-33-26-9-6-5-8-23(25)26/h5-6,8-15,18,25,29H,3-4,7,16-17H2,1-2H3,(H,28,30). The number of para-hydroxylation sites is 1. The van der Waals surface area contributed by atoms with Crippen molar-refractivity contribution in [3.63, 3.8) is 0 Å². The average molecular weight is 479 g/mol. The molecule has 7 heteroatoms. The van der Waals surface area contributed by atoms with E-state index in [-0.39, 0.29) is 16.8 Å². The van der Waals surface area contributed by atoms with Crippen LogP contribution in [0.5, 0.6) is 5.75 Å². The molecule has 1 unspecified atom stereocenters. The number of hydrogen-bond acceptors (Lipinski definition) is 4. The van der Waals surface area contributed by atoms with Crippen molar-refractivity contribution >= 4 is 21.6 Å². The van der Waals surface area contributed by atoms with E-state index in [0.29, 0.717) is 29.8 Å². The van der Waals surface area contributed by atoms with E-state index < -0.39 is 10.0 Å². The minimum atomic E-state index is -3.85. The largest absolute Gasteiger partial charge is 0.493 e. The van der Waals surface area contributed by atoms with Crippen LogP contribution in [0.1, 0.15) is 59.3 Å². The maximum absolute atomic E-state index is 13.1. The molecule has 34 heavy (non-hydrogen) atoms. The molecule has 0 aromatic heterocycles. The first-order valence-corrected chi connectivity index (χ1v) is 13.1. The van der Waals surface area contributed by atoms with E-state index in [0.717, 1.165) is 30.6 Å². The molecule has 0 spiro atoms. The van der Waals surface area contributed by atoms with Crippen LogP contribution in [0.4, 0.5) is 5.69 Å². The van der Waals surface area contributed by atoms with Crippen LogP contribution in [0.3, 0.4) is 0 Å². The average Bonchev–Trinajstić information content (AvgIpc) is 2.84. The monoisotopic (exact) mass is 478 g/mol. The van der Waals surface area contributed by atoms with Crippen LogP contribution in [-0.2, 0) is 16.4 Å². The van der Waals surface area contributed by atoms with Gasteiger partial charge in [-0.1, -0.05) is 49.7 Å². The lowest BCUT2D eigenvalue weighted by Crippen LogP contribution is -2.32. The van der Waals surface area contributed by atoms with Gasteiger partial charge in [0.15, 0.2) is 0 Å². The highest BCUT2D eigenvalue weighted by molar-refractivity contribution is 7.92. The molecule has 1 aliphatic heterocycles. The van der Waals surface area contributed by atoms with Gasteiger partial charge in [0.05, 0.1) is 17.5 Å². The fourth-order valence-electron chi connectivity index (χ4n) is 4.08. The quantitative estimate of drug-likeness (QED) is 0.454. The Morgan fingerprint density at radius 1 is 1.06 bits per heavy atom. The summed E-state index contributed by atoms with van der Waals surface area (Å²) in [5.41, 5.74) is 3.63. The number of anilines is 1. The molecular formula is C27H30N2O4S.